The van der Waals surface area contributed by atoms with Crippen molar-refractivity contribution in [3.8, 4) is 11.3 Å². The van der Waals surface area contributed by atoms with Crippen LogP contribution >= 0.6 is 11.3 Å². The lowest BCUT2D eigenvalue weighted by atomic mass is 10.1. The topological polar surface area (TPSA) is 88.2 Å². The fourth-order valence-corrected chi connectivity index (χ4v) is 4.98. The Morgan fingerprint density at radius 1 is 1.03 bits per heavy atom. The van der Waals surface area contributed by atoms with Gasteiger partial charge in [0.2, 0.25) is 0 Å². The third kappa shape index (κ3) is 5.27. The van der Waals surface area contributed by atoms with Crippen LogP contribution in [0.4, 0.5) is 10.1 Å². The van der Waals surface area contributed by atoms with Gasteiger partial charge in [-0.2, -0.15) is 0 Å². The smallest absolute Gasteiger partial charge is 0.262 e. The highest BCUT2D eigenvalue weighted by atomic mass is 32.2. The lowest BCUT2D eigenvalue weighted by Gasteiger charge is -2.12. The van der Waals surface area contributed by atoms with Crippen LogP contribution in [0.25, 0.3) is 11.3 Å². The molecule has 2 N–H and O–H groups in total. The van der Waals surface area contributed by atoms with E-state index in [9.17, 15) is 17.6 Å². The number of carbonyl (C=O) groups excluding carboxylic acids is 1. The van der Waals surface area contributed by atoms with Gasteiger partial charge < -0.3 is 5.32 Å². The summed E-state index contributed by atoms with van der Waals surface area (Å²) < 4.78 is 41.6. The summed E-state index contributed by atoms with van der Waals surface area (Å²) in [6, 6.07) is 19.4. The summed E-state index contributed by atoms with van der Waals surface area (Å²) in [4.78, 5) is 17.2. The van der Waals surface area contributed by atoms with E-state index in [1.54, 1.807) is 13.0 Å². The number of thiazole rings is 1. The maximum Gasteiger partial charge on any atom is 0.262 e. The zero-order valence-corrected chi connectivity index (χ0v) is 19.2. The predicted molar refractivity (Wildman–Crippen MR) is 127 cm³/mol. The molecule has 6 nitrogen and oxygen atoms in total. The largest absolute Gasteiger partial charge is 0.346 e. The second-order valence-corrected chi connectivity index (χ2v) is 9.86. The quantitative estimate of drug-likeness (QED) is 0.389. The molecule has 1 aromatic heterocycles. The molecule has 33 heavy (non-hydrogen) atoms. The van der Waals surface area contributed by atoms with Crippen LogP contribution in [0.2, 0.25) is 0 Å². The molecular formula is C24H20FN3O3S2. The molecule has 0 aliphatic carbocycles. The highest BCUT2D eigenvalue weighted by Gasteiger charge is 2.19. The molecule has 0 bridgehead atoms. The number of nitrogens with one attached hydrogen (secondary N) is 2. The number of rotatable bonds is 7. The van der Waals surface area contributed by atoms with Crippen molar-refractivity contribution >= 4 is 33.0 Å². The number of hydrogen-bond donors (Lipinski definition) is 2. The van der Waals surface area contributed by atoms with Gasteiger partial charge in [-0.1, -0.05) is 48.5 Å². The molecule has 0 aliphatic rings. The molecule has 168 valence electrons. The molecule has 0 saturated carbocycles. The summed E-state index contributed by atoms with van der Waals surface area (Å²) in [6.07, 6.45) is 0. The summed E-state index contributed by atoms with van der Waals surface area (Å²) in [7, 11) is -4.08. The van der Waals surface area contributed by atoms with Gasteiger partial charge in [-0.3, -0.25) is 9.52 Å². The normalized spacial score (nSPS) is 11.2. The molecule has 0 fully saturated rings. The fourth-order valence-electron chi connectivity index (χ4n) is 3.15. The molecule has 0 saturated heterocycles. The number of anilines is 1. The van der Waals surface area contributed by atoms with E-state index in [-0.39, 0.29) is 22.7 Å². The first kappa shape index (κ1) is 22.6. The summed E-state index contributed by atoms with van der Waals surface area (Å²) in [5, 5.41) is 5.44. The number of halogens is 1. The van der Waals surface area contributed by atoms with Gasteiger partial charge in [-0.25, -0.2) is 17.8 Å². The number of sulfonamides is 1. The predicted octanol–water partition coefficient (Wildman–Crippen LogP) is 4.99. The minimum Gasteiger partial charge on any atom is -0.346 e. The molecule has 3 aromatic carbocycles. The molecular weight excluding hydrogens is 461 g/mol. The number of nitrogens with zero attached hydrogens (tertiary/aromatic N) is 1. The van der Waals surface area contributed by atoms with Gasteiger partial charge in [-0.15, -0.1) is 11.3 Å². The SMILES string of the molecule is Cc1ccc(S(=O)(=O)Nc2ccccc2F)cc1C(=O)NCc1nc(-c2ccccc2)cs1. The molecule has 0 unspecified atom stereocenters. The van der Waals surface area contributed by atoms with Crippen LogP contribution in [0.1, 0.15) is 20.9 Å². The van der Waals surface area contributed by atoms with E-state index < -0.39 is 21.7 Å². The Balaban J connectivity index is 1.49. The van der Waals surface area contributed by atoms with E-state index in [4.69, 9.17) is 0 Å². The summed E-state index contributed by atoms with van der Waals surface area (Å²) in [5.41, 5.74) is 2.48. The van der Waals surface area contributed by atoms with Gasteiger partial charge in [-0.05, 0) is 36.8 Å². The van der Waals surface area contributed by atoms with E-state index in [0.29, 0.717) is 5.56 Å². The van der Waals surface area contributed by atoms with Gasteiger partial charge in [0.15, 0.2) is 0 Å². The molecule has 0 atom stereocenters. The van der Waals surface area contributed by atoms with Crippen LogP contribution in [0.15, 0.2) is 83.1 Å². The Hall–Kier alpha value is -3.56. The Morgan fingerprint density at radius 2 is 1.76 bits per heavy atom. The Labute approximate surface area is 195 Å². The van der Waals surface area contributed by atoms with Crippen molar-refractivity contribution in [2.75, 3.05) is 4.72 Å². The summed E-state index contributed by atoms with van der Waals surface area (Å²) in [5.74, 6) is -1.11. The van der Waals surface area contributed by atoms with Crippen molar-refractivity contribution in [1.82, 2.24) is 10.3 Å². The third-order valence-electron chi connectivity index (χ3n) is 4.90. The molecule has 9 heteroatoms. The molecule has 1 heterocycles. The van der Waals surface area contributed by atoms with Crippen molar-refractivity contribution in [2.45, 2.75) is 18.4 Å². The molecule has 0 spiro atoms. The van der Waals surface area contributed by atoms with Crippen molar-refractivity contribution < 1.29 is 17.6 Å². The molecule has 4 aromatic rings. The van der Waals surface area contributed by atoms with Crippen molar-refractivity contribution in [1.29, 1.82) is 0 Å². The number of carbonyl (C=O) groups is 1. The Morgan fingerprint density at radius 3 is 2.52 bits per heavy atom. The number of hydrogen-bond acceptors (Lipinski definition) is 5. The Bertz CT molecular complexity index is 1400. The number of amides is 1. The highest BCUT2D eigenvalue weighted by molar-refractivity contribution is 7.92. The summed E-state index contributed by atoms with van der Waals surface area (Å²) >= 11 is 1.43. The average molecular weight is 482 g/mol. The van der Waals surface area contributed by atoms with Crippen molar-refractivity contribution in [2.24, 2.45) is 0 Å². The van der Waals surface area contributed by atoms with Crippen LogP contribution in [0, 0.1) is 12.7 Å². The van der Waals surface area contributed by atoms with Crippen LogP contribution in [0.5, 0.6) is 0 Å². The second kappa shape index (κ2) is 9.51. The van der Waals surface area contributed by atoms with Crippen molar-refractivity contribution in [3.63, 3.8) is 0 Å². The van der Waals surface area contributed by atoms with E-state index >= 15 is 0 Å². The maximum absolute atomic E-state index is 13.9. The zero-order valence-electron chi connectivity index (χ0n) is 17.6. The van der Waals surface area contributed by atoms with Crippen molar-refractivity contribution in [3.05, 3.63) is 100 Å². The van der Waals surface area contributed by atoms with E-state index in [2.05, 4.69) is 15.0 Å². The van der Waals surface area contributed by atoms with Crippen LogP contribution in [-0.2, 0) is 16.6 Å². The number of aromatic nitrogens is 1. The lowest BCUT2D eigenvalue weighted by Crippen LogP contribution is -2.24. The van der Waals surface area contributed by atoms with Crippen LogP contribution in [-0.4, -0.2) is 19.3 Å². The van der Waals surface area contributed by atoms with E-state index in [1.165, 1.54) is 41.7 Å². The number of benzene rings is 3. The van der Waals surface area contributed by atoms with Crippen LogP contribution < -0.4 is 10.0 Å². The second-order valence-electron chi connectivity index (χ2n) is 7.24. The first-order valence-corrected chi connectivity index (χ1v) is 12.4. The van der Waals surface area contributed by atoms with E-state index in [1.807, 2.05) is 35.7 Å². The number of aryl methyl sites for hydroxylation is 1. The van der Waals surface area contributed by atoms with E-state index in [0.717, 1.165) is 22.3 Å². The molecule has 1 amide bonds. The molecule has 0 aliphatic heterocycles. The monoisotopic (exact) mass is 481 g/mol. The molecule has 0 radical (unpaired) electrons. The average Bonchev–Trinajstić information content (AvgIpc) is 3.29. The fraction of sp³-hybridized carbons (Fsp3) is 0.0833. The van der Waals surface area contributed by atoms with Gasteiger partial charge in [0.25, 0.3) is 15.9 Å². The van der Waals surface area contributed by atoms with Gasteiger partial charge >= 0.3 is 0 Å². The van der Waals surface area contributed by atoms with Gasteiger partial charge in [0.1, 0.15) is 10.8 Å². The first-order chi connectivity index (χ1) is 15.8. The first-order valence-electron chi connectivity index (χ1n) is 9.99. The minimum atomic E-state index is -4.08. The third-order valence-corrected chi connectivity index (χ3v) is 7.12. The van der Waals surface area contributed by atoms with Gasteiger partial charge in [0.05, 0.1) is 22.8 Å². The van der Waals surface area contributed by atoms with Crippen LogP contribution in [0.3, 0.4) is 0 Å². The number of para-hydroxylation sites is 1. The summed E-state index contributed by atoms with van der Waals surface area (Å²) in [6.45, 7) is 1.92. The Kier molecular flexibility index (Phi) is 6.52. The highest BCUT2D eigenvalue weighted by Crippen LogP contribution is 2.23. The lowest BCUT2D eigenvalue weighted by molar-refractivity contribution is 0.0950. The minimum absolute atomic E-state index is 0.137. The maximum atomic E-state index is 13.9. The standard InChI is InChI=1S/C24H20FN3O3S2/c1-16-11-12-18(33(30,31)28-21-10-6-5-9-20(21)25)13-19(16)24(29)26-14-23-27-22(15-32-23)17-7-3-2-4-8-17/h2-13,15,28H,14H2,1H3,(H,26,29). The van der Waals surface area contributed by atoms with Gasteiger partial charge in [0, 0.05) is 16.5 Å². The zero-order chi connectivity index (χ0) is 23.4. The molecule has 4 rings (SSSR count).